The van der Waals surface area contributed by atoms with Gasteiger partial charge in [-0.25, -0.2) is 4.79 Å². The Kier molecular flexibility index (Phi) is 7.38. The first-order chi connectivity index (χ1) is 15.0. The number of rotatable bonds is 9. The van der Waals surface area contributed by atoms with Gasteiger partial charge < -0.3 is 15.2 Å². The molecule has 2 N–H and O–H groups in total. The van der Waals surface area contributed by atoms with E-state index in [1.807, 2.05) is 12.1 Å². The fourth-order valence-corrected chi connectivity index (χ4v) is 3.21. The van der Waals surface area contributed by atoms with E-state index < -0.39 is 12.6 Å². The van der Waals surface area contributed by atoms with Crippen molar-refractivity contribution in [3.63, 3.8) is 0 Å². The number of benzene rings is 3. The summed E-state index contributed by atoms with van der Waals surface area (Å²) in [5, 5.41) is 14.5. The number of nitrogens with one attached hydrogen (secondary N) is 1. The summed E-state index contributed by atoms with van der Waals surface area (Å²) < 4.78 is 5.11. The van der Waals surface area contributed by atoms with Crippen LogP contribution in [-0.2, 0) is 9.53 Å². The van der Waals surface area contributed by atoms with Crippen LogP contribution in [0.5, 0.6) is 5.75 Å². The molecule has 31 heavy (non-hydrogen) atoms. The fraction of sp³-hybridized carbons (Fsp3) is 0.240. The summed E-state index contributed by atoms with van der Waals surface area (Å²) in [4.78, 5) is 36.6. The summed E-state index contributed by atoms with van der Waals surface area (Å²) in [6, 6.07) is 16.7. The van der Waals surface area contributed by atoms with Gasteiger partial charge in [0.05, 0.1) is 0 Å². The quantitative estimate of drug-likeness (QED) is 0.286. The van der Waals surface area contributed by atoms with Gasteiger partial charge in [0.1, 0.15) is 11.3 Å². The summed E-state index contributed by atoms with van der Waals surface area (Å²) in [7, 11) is 0. The molecule has 0 unspecified atom stereocenters. The summed E-state index contributed by atoms with van der Waals surface area (Å²) in [5.41, 5.74) is 0.975. The Labute approximate surface area is 180 Å². The van der Waals surface area contributed by atoms with Gasteiger partial charge in [0.25, 0.3) is 0 Å². The molecule has 0 radical (unpaired) electrons. The first-order valence-corrected chi connectivity index (χ1v) is 10.3. The van der Waals surface area contributed by atoms with Crippen molar-refractivity contribution in [1.29, 1.82) is 0 Å². The van der Waals surface area contributed by atoms with Crippen molar-refractivity contribution < 1.29 is 24.2 Å². The third-order valence-electron chi connectivity index (χ3n) is 4.95. The molecule has 0 atom stereocenters. The van der Waals surface area contributed by atoms with Gasteiger partial charge in [-0.1, -0.05) is 50.1 Å². The molecule has 0 aliphatic heterocycles. The monoisotopic (exact) mass is 419 g/mol. The molecule has 0 fully saturated rings. The van der Waals surface area contributed by atoms with E-state index in [2.05, 4.69) is 12.2 Å². The normalized spacial score (nSPS) is 10.6. The number of ether oxygens (including phenoxy) is 1. The van der Waals surface area contributed by atoms with E-state index in [0.29, 0.717) is 23.1 Å². The van der Waals surface area contributed by atoms with Crippen LogP contribution in [0.15, 0.2) is 60.7 Å². The SMILES string of the molecule is CCCCCC(=O)Nc1ccc(C(=O)COC(=O)c2ccc3ccccc3c2O)cc1. The molecule has 1 amide bonds. The predicted molar refractivity (Wildman–Crippen MR) is 119 cm³/mol. The van der Waals surface area contributed by atoms with Crippen molar-refractivity contribution in [3.05, 3.63) is 71.8 Å². The van der Waals surface area contributed by atoms with E-state index in [1.165, 1.54) is 6.07 Å². The van der Waals surface area contributed by atoms with Gasteiger partial charge in [0.2, 0.25) is 5.91 Å². The predicted octanol–water partition coefficient (Wildman–Crippen LogP) is 5.10. The lowest BCUT2D eigenvalue weighted by atomic mass is 10.1. The van der Waals surface area contributed by atoms with E-state index in [9.17, 15) is 19.5 Å². The maximum absolute atomic E-state index is 12.4. The van der Waals surface area contributed by atoms with Gasteiger partial charge in [-0.3, -0.25) is 9.59 Å². The molecule has 0 bridgehead atoms. The van der Waals surface area contributed by atoms with Crippen molar-refractivity contribution >= 4 is 34.1 Å². The zero-order valence-electron chi connectivity index (χ0n) is 17.4. The highest BCUT2D eigenvalue weighted by atomic mass is 16.5. The number of phenolic OH excluding ortho intramolecular Hbond substituents is 1. The van der Waals surface area contributed by atoms with Crippen molar-refractivity contribution in [2.45, 2.75) is 32.6 Å². The maximum atomic E-state index is 12.4. The number of carbonyl (C=O) groups is 3. The summed E-state index contributed by atoms with van der Waals surface area (Å²) in [6.45, 7) is 1.63. The molecule has 0 spiro atoms. The number of hydrogen-bond donors (Lipinski definition) is 2. The Bertz CT molecular complexity index is 1090. The highest BCUT2D eigenvalue weighted by molar-refractivity contribution is 6.03. The topological polar surface area (TPSA) is 92.7 Å². The molecule has 3 aromatic carbocycles. The molecule has 3 rings (SSSR count). The number of hydrogen-bond acceptors (Lipinski definition) is 5. The van der Waals surface area contributed by atoms with Crippen LogP contribution in [0, 0.1) is 0 Å². The minimum absolute atomic E-state index is 0.00707. The van der Waals surface area contributed by atoms with Gasteiger partial charge >= 0.3 is 5.97 Å². The van der Waals surface area contributed by atoms with Crippen LogP contribution in [0.2, 0.25) is 0 Å². The van der Waals surface area contributed by atoms with Crippen LogP contribution in [-0.4, -0.2) is 29.4 Å². The molecule has 160 valence electrons. The van der Waals surface area contributed by atoms with Gasteiger partial charge in [0.15, 0.2) is 12.4 Å². The number of esters is 1. The van der Waals surface area contributed by atoms with E-state index in [4.69, 9.17) is 4.74 Å². The van der Waals surface area contributed by atoms with E-state index in [1.54, 1.807) is 42.5 Å². The van der Waals surface area contributed by atoms with Gasteiger partial charge in [0, 0.05) is 23.1 Å². The van der Waals surface area contributed by atoms with E-state index in [-0.39, 0.29) is 23.0 Å². The molecule has 0 aliphatic rings. The third-order valence-corrected chi connectivity index (χ3v) is 4.95. The maximum Gasteiger partial charge on any atom is 0.342 e. The molecule has 0 saturated heterocycles. The molecule has 0 saturated carbocycles. The van der Waals surface area contributed by atoms with Crippen molar-refractivity contribution in [1.82, 2.24) is 0 Å². The zero-order valence-corrected chi connectivity index (χ0v) is 17.4. The lowest BCUT2D eigenvalue weighted by Gasteiger charge is -2.09. The number of ketones is 1. The first kappa shape index (κ1) is 22.0. The molecule has 0 heterocycles. The molecule has 0 aromatic heterocycles. The first-order valence-electron chi connectivity index (χ1n) is 10.3. The molecular weight excluding hydrogens is 394 g/mol. The van der Waals surface area contributed by atoms with Gasteiger partial charge in [-0.15, -0.1) is 0 Å². The van der Waals surface area contributed by atoms with Crippen LogP contribution in [0.25, 0.3) is 10.8 Å². The average molecular weight is 419 g/mol. The molecule has 3 aromatic rings. The minimum atomic E-state index is -0.771. The second-order valence-corrected chi connectivity index (χ2v) is 7.26. The molecule has 6 nitrogen and oxygen atoms in total. The standard InChI is InChI=1S/C25H25NO5/c1-2-3-4-9-23(28)26-19-13-10-18(11-14-19)22(27)16-31-25(30)21-15-12-17-7-5-6-8-20(17)24(21)29/h5-8,10-15,29H,2-4,9,16H2,1H3,(H,26,28). The largest absolute Gasteiger partial charge is 0.506 e. The van der Waals surface area contributed by atoms with Crippen LogP contribution >= 0.6 is 0 Å². The zero-order chi connectivity index (χ0) is 22.2. The summed E-state index contributed by atoms with van der Waals surface area (Å²) in [6.07, 6.45) is 3.37. The highest BCUT2D eigenvalue weighted by Gasteiger charge is 2.17. The van der Waals surface area contributed by atoms with Crippen LogP contribution in [0.4, 0.5) is 5.69 Å². The number of anilines is 1. The van der Waals surface area contributed by atoms with Gasteiger partial charge in [-0.05, 0) is 42.1 Å². The Morgan fingerprint density at radius 2 is 1.68 bits per heavy atom. The van der Waals surface area contributed by atoms with Crippen molar-refractivity contribution in [2.24, 2.45) is 0 Å². The second kappa shape index (κ2) is 10.4. The van der Waals surface area contributed by atoms with Crippen LogP contribution in [0.3, 0.4) is 0 Å². The Morgan fingerprint density at radius 1 is 0.935 bits per heavy atom. The third kappa shape index (κ3) is 5.69. The van der Waals surface area contributed by atoms with E-state index >= 15 is 0 Å². The minimum Gasteiger partial charge on any atom is -0.506 e. The fourth-order valence-electron chi connectivity index (χ4n) is 3.21. The Morgan fingerprint density at radius 3 is 2.42 bits per heavy atom. The second-order valence-electron chi connectivity index (χ2n) is 7.26. The lowest BCUT2D eigenvalue weighted by molar-refractivity contribution is -0.116. The Hall–Kier alpha value is -3.67. The number of Topliss-reactive ketones (excluding diaryl/α,β-unsaturated/α-hetero) is 1. The lowest BCUT2D eigenvalue weighted by Crippen LogP contribution is -2.15. The highest BCUT2D eigenvalue weighted by Crippen LogP contribution is 2.29. The number of carbonyl (C=O) groups excluding carboxylic acids is 3. The van der Waals surface area contributed by atoms with Gasteiger partial charge in [-0.2, -0.15) is 0 Å². The molecule has 0 aliphatic carbocycles. The number of aromatic hydroxyl groups is 1. The number of fused-ring (bicyclic) bond motifs is 1. The number of unbranched alkanes of at least 4 members (excludes halogenated alkanes) is 2. The average Bonchev–Trinajstić information content (AvgIpc) is 2.78. The molecule has 6 heteroatoms. The number of amides is 1. The van der Waals surface area contributed by atoms with E-state index in [0.717, 1.165) is 24.6 Å². The summed E-state index contributed by atoms with van der Waals surface area (Å²) >= 11 is 0. The summed E-state index contributed by atoms with van der Waals surface area (Å²) in [5.74, 6) is -1.38. The number of phenols is 1. The van der Waals surface area contributed by atoms with Crippen molar-refractivity contribution in [3.8, 4) is 5.75 Å². The Balaban J connectivity index is 1.56. The molecular formula is C25H25NO5. The smallest absolute Gasteiger partial charge is 0.342 e. The van der Waals surface area contributed by atoms with Crippen molar-refractivity contribution in [2.75, 3.05) is 11.9 Å². The van der Waals surface area contributed by atoms with Crippen LogP contribution in [0.1, 0.15) is 53.3 Å². The van der Waals surface area contributed by atoms with Crippen LogP contribution < -0.4 is 5.32 Å².